The molecule has 1 aromatic rings. The Balaban J connectivity index is 2.49. The molecule has 1 aromatic heterocycles. The van der Waals surface area contributed by atoms with Crippen molar-refractivity contribution in [3.05, 3.63) is 30.1 Å². The van der Waals surface area contributed by atoms with Crippen LogP contribution < -0.4 is 11.1 Å². The van der Waals surface area contributed by atoms with E-state index in [1.807, 2.05) is 0 Å². The molecule has 3 N–H and O–H groups in total. The number of hydrogen-bond acceptors (Lipinski definition) is 3. The monoisotopic (exact) mass is 263 g/mol. The summed E-state index contributed by atoms with van der Waals surface area (Å²) in [7, 11) is 0. The topological polar surface area (TPSA) is 85.1 Å². The van der Waals surface area contributed by atoms with Gasteiger partial charge in [0.2, 0.25) is 5.91 Å². The predicted molar refractivity (Wildman–Crippen MR) is 73.4 cm³/mol. The molecule has 0 bridgehead atoms. The van der Waals surface area contributed by atoms with Crippen molar-refractivity contribution in [2.24, 2.45) is 5.73 Å². The Morgan fingerprint density at radius 3 is 2.74 bits per heavy atom. The highest BCUT2D eigenvalue weighted by Gasteiger charge is 2.18. The van der Waals surface area contributed by atoms with Crippen LogP contribution in [0.2, 0.25) is 0 Å². The van der Waals surface area contributed by atoms with Gasteiger partial charge in [0.05, 0.1) is 5.56 Å². The van der Waals surface area contributed by atoms with Crippen LogP contribution in [0.1, 0.15) is 49.4 Å². The van der Waals surface area contributed by atoms with E-state index in [-0.39, 0.29) is 5.91 Å². The predicted octanol–water partition coefficient (Wildman–Crippen LogP) is 1.64. The summed E-state index contributed by atoms with van der Waals surface area (Å²) >= 11 is 0. The summed E-state index contributed by atoms with van der Waals surface area (Å²) < 4.78 is 0. The third-order valence-electron chi connectivity index (χ3n) is 2.92. The highest BCUT2D eigenvalue weighted by molar-refractivity contribution is 5.96. The van der Waals surface area contributed by atoms with Crippen LogP contribution in [0.3, 0.4) is 0 Å². The summed E-state index contributed by atoms with van der Waals surface area (Å²) in [5.74, 6) is -0.805. The van der Waals surface area contributed by atoms with E-state index >= 15 is 0 Å². The molecule has 0 aliphatic rings. The number of pyridine rings is 1. The quantitative estimate of drug-likeness (QED) is 0.699. The van der Waals surface area contributed by atoms with Gasteiger partial charge in [0.25, 0.3) is 5.91 Å². The van der Waals surface area contributed by atoms with Gasteiger partial charge in [-0.05, 0) is 18.6 Å². The highest BCUT2D eigenvalue weighted by Crippen LogP contribution is 2.06. The third kappa shape index (κ3) is 5.50. The van der Waals surface area contributed by atoms with Crippen LogP contribution >= 0.6 is 0 Å². The first-order valence-electron chi connectivity index (χ1n) is 6.65. The van der Waals surface area contributed by atoms with Crippen LogP contribution in [0.5, 0.6) is 0 Å². The molecule has 0 aromatic carbocycles. The standard InChI is InChI=1S/C14H21N3O2/c1-2-3-4-5-8-12(13(15)18)17-14(19)11-7-6-9-16-10-11/h6-7,9-10,12H,2-5,8H2,1H3,(H2,15,18)(H,17,19)/t12-/m1/s1. The Morgan fingerprint density at radius 2 is 2.16 bits per heavy atom. The minimum absolute atomic E-state index is 0.313. The van der Waals surface area contributed by atoms with E-state index in [4.69, 9.17) is 5.73 Å². The summed E-state index contributed by atoms with van der Waals surface area (Å²) in [4.78, 5) is 27.1. The van der Waals surface area contributed by atoms with E-state index < -0.39 is 11.9 Å². The van der Waals surface area contributed by atoms with Crippen LogP contribution in [0.15, 0.2) is 24.5 Å². The summed E-state index contributed by atoms with van der Waals surface area (Å²) in [6.45, 7) is 2.12. The largest absolute Gasteiger partial charge is 0.368 e. The molecular formula is C14H21N3O2. The average molecular weight is 263 g/mol. The molecule has 104 valence electrons. The van der Waals surface area contributed by atoms with E-state index in [1.54, 1.807) is 18.3 Å². The summed E-state index contributed by atoms with van der Waals surface area (Å²) in [5.41, 5.74) is 5.74. The summed E-state index contributed by atoms with van der Waals surface area (Å²) in [6.07, 6.45) is 7.82. The second kappa shape index (κ2) is 8.24. The number of nitrogens with zero attached hydrogens (tertiary/aromatic N) is 1. The molecule has 0 saturated heterocycles. The smallest absolute Gasteiger partial charge is 0.253 e. The van der Waals surface area contributed by atoms with Crippen LogP contribution in [0.25, 0.3) is 0 Å². The number of nitrogens with one attached hydrogen (secondary N) is 1. The van der Waals surface area contributed by atoms with E-state index in [0.29, 0.717) is 12.0 Å². The maximum absolute atomic E-state index is 11.9. The first-order chi connectivity index (χ1) is 9.15. The Labute approximate surface area is 113 Å². The van der Waals surface area contributed by atoms with Crippen molar-refractivity contribution in [2.45, 2.75) is 45.1 Å². The zero-order valence-corrected chi connectivity index (χ0v) is 11.3. The van der Waals surface area contributed by atoms with Crippen LogP contribution in [0.4, 0.5) is 0 Å². The van der Waals surface area contributed by atoms with Gasteiger partial charge in [-0.1, -0.05) is 32.6 Å². The molecule has 1 atom stereocenters. The number of carbonyl (C=O) groups is 2. The fourth-order valence-electron chi connectivity index (χ4n) is 1.80. The fraction of sp³-hybridized carbons (Fsp3) is 0.500. The molecule has 0 radical (unpaired) electrons. The average Bonchev–Trinajstić information content (AvgIpc) is 2.42. The molecule has 5 nitrogen and oxygen atoms in total. The van der Waals surface area contributed by atoms with Gasteiger partial charge in [-0.25, -0.2) is 0 Å². The highest BCUT2D eigenvalue weighted by atomic mass is 16.2. The molecule has 0 fully saturated rings. The number of carbonyl (C=O) groups excluding carboxylic acids is 2. The zero-order valence-electron chi connectivity index (χ0n) is 11.3. The molecule has 19 heavy (non-hydrogen) atoms. The number of rotatable bonds is 8. The van der Waals surface area contributed by atoms with E-state index in [9.17, 15) is 9.59 Å². The van der Waals surface area contributed by atoms with Gasteiger partial charge in [0, 0.05) is 12.4 Å². The molecular weight excluding hydrogens is 242 g/mol. The summed E-state index contributed by atoms with van der Waals surface area (Å²) in [5, 5.41) is 2.66. The van der Waals surface area contributed by atoms with Crippen molar-refractivity contribution in [1.29, 1.82) is 0 Å². The maximum Gasteiger partial charge on any atom is 0.253 e. The van der Waals surface area contributed by atoms with E-state index in [2.05, 4.69) is 17.2 Å². The van der Waals surface area contributed by atoms with Gasteiger partial charge in [-0.15, -0.1) is 0 Å². The van der Waals surface area contributed by atoms with Gasteiger partial charge in [-0.3, -0.25) is 14.6 Å². The minimum atomic E-state index is -0.607. The van der Waals surface area contributed by atoms with Gasteiger partial charge < -0.3 is 11.1 Å². The Kier molecular flexibility index (Phi) is 6.57. The molecule has 0 unspecified atom stereocenters. The van der Waals surface area contributed by atoms with Crippen molar-refractivity contribution >= 4 is 11.8 Å². The van der Waals surface area contributed by atoms with E-state index in [0.717, 1.165) is 25.7 Å². The third-order valence-corrected chi connectivity index (χ3v) is 2.92. The number of amides is 2. The van der Waals surface area contributed by atoms with Gasteiger partial charge in [0.1, 0.15) is 6.04 Å². The lowest BCUT2D eigenvalue weighted by Crippen LogP contribution is -2.44. The molecule has 0 saturated carbocycles. The number of primary amides is 1. The van der Waals surface area contributed by atoms with Gasteiger partial charge in [-0.2, -0.15) is 0 Å². The normalized spacial score (nSPS) is 11.8. The summed E-state index contributed by atoms with van der Waals surface area (Å²) in [6, 6.07) is 2.72. The molecule has 2 amide bonds. The first-order valence-corrected chi connectivity index (χ1v) is 6.65. The van der Waals surface area contributed by atoms with E-state index in [1.165, 1.54) is 6.20 Å². The molecule has 5 heteroatoms. The molecule has 1 rings (SSSR count). The van der Waals surface area contributed by atoms with Crippen molar-refractivity contribution in [3.8, 4) is 0 Å². The second-order valence-electron chi connectivity index (χ2n) is 4.52. The van der Waals surface area contributed by atoms with Crippen LogP contribution in [0, 0.1) is 0 Å². The lowest BCUT2D eigenvalue weighted by atomic mass is 10.1. The lowest BCUT2D eigenvalue weighted by molar-refractivity contribution is -0.120. The van der Waals surface area contributed by atoms with Crippen molar-refractivity contribution in [2.75, 3.05) is 0 Å². The lowest BCUT2D eigenvalue weighted by Gasteiger charge is -2.15. The van der Waals surface area contributed by atoms with Gasteiger partial charge in [0.15, 0.2) is 0 Å². The SMILES string of the molecule is CCCCCC[C@@H](NC(=O)c1cccnc1)C(N)=O. The molecule has 0 aliphatic heterocycles. The molecule has 0 spiro atoms. The number of aromatic nitrogens is 1. The van der Waals surface area contributed by atoms with Crippen molar-refractivity contribution in [1.82, 2.24) is 10.3 Å². The second-order valence-corrected chi connectivity index (χ2v) is 4.52. The zero-order chi connectivity index (χ0) is 14.1. The number of nitrogens with two attached hydrogens (primary N) is 1. The van der Waals surface area contributed by atoms with Crippen molar-refractivity contribution < 1.29 is 9.59 Å². The van der Waals surface area contributed by atoms with Gasteiger partial charge >= 0.3 is 0 Å². The Bertz CT molecular complexity index is 406. The Morgan fingerprint density at radius 1 is 1.37 bits per heavy atom. The fourth-order valence-corrected chi connectivity index (χ4v) is 1.80. The van der Waals surface area contributed by atoms with Crippen molar-refractivity contribution in [3.63, 3.8) is 0 Å². The van der Waals surface area contributed by atoms with Crippen LogP contribution in [-0.4, -0.2) is 22.8 Å². The molecule has 0 aliphatic carbocycles. The number of unbranched alkanes of at least 4 members (excludes halogenated alkanes) is 3. The number of hydrogen-bond donors (Lipinski definition) is 2. The van der Waals surface area contributed by atoms with Crippen LogP contribution in [-0.2, 0) is 4.79 Å². The minimum Gasteiger partial charge on any atom is -0.368 e. The Hall–Kier alpha value is -1.91. The maximum atomic E-state index is 11.9. The first kappa shape index (κ1) is 15.1. The molecule has 1 heterocycles.